The van der Waals surface area contributed by atoms with Crippen LogP contribution in [0.5, 0.6) is 0 Å². The van der Waals surface area contributed by atoms with Gasteiger partial charge in [0, 0.05) is 11.9 Å². The minimum Gasteiger partial charge on any atom is -0.372 e. The molecule has 0 aliphatic carbocycles. The lowest BCUT2D eigenvalue weighted by Gasteiger charge is -2.00. The normalized spacial score (nSPS) is 10.7. The molecule has 2 heterocycles. The Morgan fingerprint density at radius 1 is 1.11 bits per heavy atom. The Morgan fingerprint density at radius 2 is 1.94 bits per heavy atom. The molecule has 5 heteroatoms. The molecule has 18 heavy (non-hydrogen) atoms. The number of hydrogen-bond acceptors (Lipinski definition) is 4. The second-order valence-corrected chi connectivity index (χ2v) is 4.86. The number of fused-ring (bicyclic) bond motifs is 1. The molecule has 0 fully saturated rings. The van der Waals surface area contributed by atoms with Gasteiger partial charge in [0.25, 0.3) is 0 Å². The summed E-state index contributed by atoms with van der Waals surface area (Å²) in [6.07, 6.45) is 1.88. The molecule has 0 spiro atoms. The lowest BCUT2D eigenvalue weighted by atomic mass is 10.4. The van der Waals surface area contributed by atoms with Crippen molar-refractivity contribution in [3.05, 3.63) is 48.7 Å². The third-order valence-electron chi connectivity index (χ3n) is 2.52. The van der Waals surface area contributed by atoms with Gasteiger partial charge >= 0.3 is 0 Å². The number of rotatable bonds is 3. The lowest BCUT2D eigenvalue weighted by molar-refractivity contribution is 0.859. The number of aromatic nitrogens is 3. The molecule has 90 valence electrons. The summed E-state index contributed by atoms with van der Waals surface area (Å²) in [5.74, 6) is 0.823. The van der Waals surface area contributed by atoms with Crippen molar-refractivity contribution in [3.8, 4) is 0 Å². The summed E-state index contributed by atoms with van der Waals surface area (Å²) in [5.41, 5.74) is 0.844. The molecule has 3 aromatic rings. The summed E-state index contributed by atoms with van der Waals surface area (Å²) in [7, 11) is 1.85. The molecule has 0 radical (unpaired) electrons. The van der Waals surface area contributed by atoms with E-state index in [9.17, 15) is 0 Å². The van der Waals surface area contributed by atoms with Gasteiger partial charge in [0.1, 0.15) is 10.8 Å². The van der Waals surface area contributed by atoms with Gasteiger partial charge in [-0.1, -0.05) is 30.0 Å². The predicted octanol–water partition coefficient (Wildman–Crippen LogP) is 2.92. The molecule has 0 unspecified atom stereocenters. The van der Waals surface area contributed by atoms with Crippen molar-refractivity contribution in [2.24, 2.45) is 0 Å². The Kier molecular flexibility index (Phi) is 2.90. The van der Waals surface area contributed by atoms with E-state index in [1.807, 2.05) is 43.6 Å². The molecular formula is C13H12N4S. The van der Waals surface area contributed by atoms with Crippen LogP contribution in [0.2, 0.25) is 0 Å². The van der Waals surface area contributed by atoms with Gasteiger partial charge in [0.2, 0.25) is 0 Å². The number of nitrogens with one attached hydrogen (secondary N) is 1. The molecule has 3 rings (SSSR count). The van der Waals surface area contributed by atoms with Crippen molar-refractivity contribution in [2.45, 2.75) is 9.92 Å². The van der Waals surface area contributed by atoms with Crippen LogP contribution in [0.25, 0.3) is 5.65 Å². The van der Waals surface area contributed by atoms with Crippen LogP contribution in [0.4, 0.5) is 5.82 Å². The highest BCUT2D eigenvalue weighted by Gasteiger charge is 2.03. The SMILES string of the molecule is CNc1cn2nc(Sc3ccccc3)ccc2n1. The van der Waals surface area contributed by atoms with E-state index in [1.165, 1.54) is 4.90 Å². The van der Waals surface area contributed by atoms with Gasteiger partial charge in [-0.25, -0.2) is 9.50 Å². The van der Waals surface area contributed by atoms with E-state index in [0.29, 0.717) is 0 Å². The maximum atomic E-state index is 4.52. The van der Waals surface area contributed by atoms with Gasteiger partial charge in [-0.3, -0.25) is 0 Å². The zero-order valence-electron chi connectivity index (χ0n) is 9.87. The Labute approximate surface area is 109 Å². The number of benzene rings is 1. The van der Waals surface area contributed by atoms with E-state index in [-0.39, 0.29) is 0 Å². The van der Waals surface area contributed by atoms with Crippen molar-refractivity contribution in [2.75, 3.05) is 12.4 Å². The van der Waals surface area contributed by atoms with Crippen molar-refractivity contribution in [3.63, 3.8) is 0 Å². The van der Waals surface area contributed by atoms with E-state index in [4.69, 9.17) is 0 Å². The van der Waals surface area contributed by atoms with Crippen LogP contribution < -0.4 is 5.32 Å². The molecule has 0 atom stereocenters. The highest BCUT2D eigenvalue weighted by molar-refractivity contribution is 7.99. The molecule has 0 amide bonds. The first-order valence-electron chi connectivity index (χ1n) is 5.62. The van der Waals surface area contributed by atoms with Crippen molar-refractivity contribution < 1.29 is 0 Å². The molecule has 0 saturated carbocycles. The Bertz CT molecular complexity index is 663. The quantitative estimate of drug-likeness (QED) is 0.782. The van der Waals surface area contributed by atoms with E-state index < -0.39 is 0 Å². The summed E-state index contributed by atoms with van der Waals surface area (Å²) in [4.78, 5) is 5.54. The topological polar surface area (TPSA) is 42.2 Å². The fourth-order valence-corrected chi connectivity index (χ4v) is 2.45. The van der Waals surface area contributed by atoms with Gasteiger partial charge in [-0.05, 0) is 24.3 Å². The molecule has 0 saturated heterocycles. The molecular weight excluding hydrogens is 244 g/mol. The van der Waals surface area contributed by atoms with E-state index >= 15 is 0 Å². The maximum Gasteiger partial charge on any atom is 0.156 e. The standard InChI is InChI=1S/C13H12N4S/c1-14-11-9-17-12(15-11)7-8-13(16-17)18-10-5-3-2-4-6-10/h2-9,14H,1H3. The second-order valence-electron chi connectivity index (χ2n) is 3.77. The van der Waals surface area contributed by atoms with Crippen LogP contribution in [0, 0.1) is 0 Å². The zero-order chi connectivity index (χ0) is 12.4. The summed E-state index contributed by atoms with van der Waals surface area (Å²) in [5, 5.41) is 8.48. The summed E-state index contributed by atoms with van der Waals surface area (Å²) >= 11 is 1.64. The number of imidazole rings is 1. The third-order valence-corrected chi connectivity index (χ3v) is 3.45. The first-order chi connectivity index (χ1) is 8.85. The lowest BCUT2D eigenvalue weighted by Crippen LogP contribution is -1.91. The van der Waals surface area contributed by atoms with Crippen molar-refractivity contribution in [1.29, 1.82) is 0 Å². The number of hydrogen-bond donors (Lipinski definition) is 1. The van der Waals surface area contributed by atoms with Crippen LogP contribution in [0.1, 0.15) is 0 Å². The average Bonchev–Trinajstić information content (AvgIpc) is 2.82. The first kappa shape index (κ1) is 11.1. The van der Waals surface area contributed by atoms with Gasteiger partial charge in [0.05, 0.1) is 6.20 Å². The molecule has 1 N–H and O–H groups in total. The van der Waals surface area contributed by atoms with Crippen molar-refractivity contribution in [1.82, 2.24) is 14.6 Å². The average molecular weight is 256 g/mol. The highest BCUT2D eigenvalue weighted by Crippen LogP contribution is 2.25. The van der Waals surface area contributed by atoms with Crippen LogP contribution in [0.15, 0.2) is 58.6 Å². The molecule has 0 aliphatic rings. The van der Waals surface area contributed by atoms with Gasteiger partial charge in [-0.2, -0.15) is 5.10 Å². The number of nitrogens with zero attached hydrogens (tertiary/aromatic N) is 3. The largest absolute Gasteiger partial charge is 0.372 e. The molecule has 1 aromatic carbocycles. The van der Waals surface area contributed by atoms with Gasteiger partial charge < -0.3 is 5.32 Å². The first-order valence-corrected chi connectivity index (χ1v) is 6.44. The zero-order valence-corrected chi connectivity index (χ0v) is 10.7. The predicted molar refractivity (Wildman–Crippen MR) is 73.1 cm³/mol. The van der Waals surface area contributed by atoms with Gasteiger partial charge in [0.15, 0.2) is 5.65 Å². The van der Waals surface area contributed by atoms with Crippen LogP contribution in [-0.2, 0) is 0 Å². The van der Waals surface area contributed by atoms with Crippen LogP contribution >= 0.6 is 11.8 Å². The molecule has 0 bridgehead atoms. The maximum absolute atomic E-state index is 4.52. The minimum absolute atomic E-state index is 0.823. The molecule has 0 aliphatic heterocycles. The summed E-state index contributed by atoms with van der Waals surface area (Å²) in [6, 6.07) is 14.2. The second kappa shape index (κ2) is 4.70. The fraction of sp³-hybridized carbons (Fsp3) is 0.0769. The third kappa shape index (κ3) is 2.17. The smallest absolute Gasteiger partial charge is 0.156 e. The Balaban J connectivity index is 1.93. The van der Waals surface area contributed by atoms with Gasteiger partial charge in [-0.15, -0.1) is 0 Å². The monoisotopic (exact) mass is 256 g/mol. The summed E-state index contributed by atoms with van der Waals surface area (Å²) < 4.78 is 1.79. The molecule has 2 aromatic heterocycles. The van der Waals surface area contributed by atoms with E-state index in [2.05, 4.69) is 27.5 Å². The highest BCUT2D eigenvalue weighted by atomic mass is 32.2. The molecule has 4 nitrogen and oxygen atoms in total. The van der Waals surface area contributed by atoms with Crippen molar-refractivity contribution >= 4 is 23.2 Å². The van der Waals surface area contributed by atoms with E-state index in [1.54, 1.807) is 16.3 Å². The van der Waals surface area contributed by atoms with E-state index in [0.717, 1.165) is 16.5 Å². The van der Waals surface area contributed by atoms with Crippen LogP contribution in [0.3, 0.4) is 0 Å². The Hall–Kier alpha value is -2.01. The minimum atomic E-state index is 0.823. The summed E-state index contributed by atoms with van der Waals surface area (Å²) in [6.45, 7) is 0. The fourth-order valence-electron chi connectivity index (χ4n) is 1.65. The van der Waals surface area contributed by atoms with Crippen LogP contribution in [-0.4, -0.2) is 21.6 Å². The number of anilines is 1. The Morgan fingerprint density at radius 3 is 2.72 bits per heavy atom.